The van der Waals surface area contributed by atoms with Gasteiger partial charge >= 0.3 is 0 Å². The van der Waals surface area contributed by atoms with E-state index < -0.39 is 6.98 Å². The number of rotatable bonds is 4. The van der Waals surface area contributed by atoms with E-state index in [1.165, 1.54) is 4.57 Å². The molecule has 55 heavy (non-hydrogen) atoms. The molecular weight excluding hydrogens is 679 g/mol. The van der Waals surface area contributed by atoms with Crippen molar-refractivity contribution < 1.29 is 22.9 Å². The Balaban J connectivity index is 1.11. The van der Waals surface area contributed by atoms with Crippen LogP contribution in [0, 0.1) is 6.33 Å². The molecule has 7 nitrogen and oxygen atoms in total. The molecule has 2 aliphatic heterocycles. The van der Waals surface area contributed by atoms with E-state index in [-0.39, 0.29) is 12.1 Å². The molecule has 5 heterocycles. The molecule has 0 bridgehead atoms. The standard InChI is InChI=1S/C47H35BN4O3/c1-47(2,3)29-22-23-49-43(24-29)52-38-26-32(53-31-13-11-12-30(25-31)51-28-50(4)36-16-7-8-17-37(36)51)20-21-33(38)44-39(52)27-42-45-46(44)55-41-19-10-6-15-35(41)48(45)34-14-5-9-18-40(34)54-42/h5-27H,1-4H3/i4D3. The fourth-order valence-electron chi connectivity index (χ4n) is 8.29. The summed E-state index contributed by atoms with van der Waals surface area (Å²) in [7, 11) is 0. The monoisotopic (exact) mass is 717 g/mol. The molecule has 0 N–H and O–H groups in total. The Morgan fingerprint density at radius 1 is 0.727 bits per heavy atom. The lowest BCUT2D eigenvalue weighted by Gasteiger charge is -2.33. The van der Waals surface area contributed by atoms with E-state index >= 15 is 0 Å². The van der Waals surface area contributed by atoms with Crippen LogP contribution in [0.2, 0.25) is 0 Å². The second kappa shape index (κ2) is 11.6. The van der Waals surface area contributed by atoms with Gasteiger partial charge in [-0.1, -0.05) is 93.6 Å². The minimum Gasteiger partial charge on any atom is -0.458 e. The maximum atomic E-state index is 8.11. The molecule has 0 aliphatic carbocycles. The van der Waals surface area contributed by atoms with E-state index in [0.717, 1.165) is 78.1 Å². The van der Waals surface area contributed by atoms with Gasteiger partial charge in [-0.25, -0.2) is 4.98 Å². The third kappa shape index (κ3) is 4.84. The fourth-order valence-corrected chi connectivity index (χ4v) is 8.29. The number of pyridine rings is 1. The number of nitrogens with zero attached hydrogens (tertiary/aromatic N) is 4. The summed E-state index contributed by atoms with van der Waals surface area (Å²) in [6.07, 6.45) is 4.92. The van der Waals surface area contributed by atoms with Gasteiger partial charge in [0.25, 0.3) is 6.71 Å². The second-order valence-corrected chi connectivity index (χ2v) is 15.3. The summed E-state index contributed by atoms with van der Waals surface area (Å²) in [6, 6.07) is 43.9. The van der Waals surface area contributed by atoms with Gasteiger partial charge in [-0.15, -0.1) is 0 Å². The van der Waals surface area contributed by atoms with Gasteiger partial charge in [0.15, 0.2) is 0 Å². The molecule has 9 aromatic rings. The summed E-state index contributed by atoms with van der Waals surface area (Å²) in [5, 5.41) is 1.95. The number of para-hydroxylation sites is 4. The highest BCUT2D eigenvalue weighted by Gasteiger charge is 2.41. The molecule has 0 spiro atoms. The van der Waals surface area contributed by atoms with Crippen LogP contribution in [-0.2, 0) is 12.4 Å². The van der Waals surface area contributed by atoms with Crippen molar-refractivity contribution >= 4 is 55.9 Å². The highest BCUT2D eigenvalue weighted by molar-refractivity contribution is 6.98. The van der Waals surface area contributed by atoms with Crippen molar-refractivity contribution in [2.75, 3.05) is 0 Å². The van der Waals surface area contributed by atoms with Gasteiger partial charge in [0.2, 0.25) is 6.33 Å². The van der Waals surface area contributed by atoms with E-state index in [0.29, 0.717) is 22.7 Å². The third-order valence-corrected chi connectivity index (χ3v) is 10.9. The van der Waals surface area contributed by atoms with Crippen LogP contribution in [0.1, 0.15) is 30.4 Å². The van der Waals surface area contributed by atoms with Gasteiger partial charge in [0.05, 0.1) is 44.2 Å². The number of aryl methyl sites for hydroxylation is 1. The van der Waals surface area contributed by atoms with Crippen LogP contribution in [0.4, 0.5) is 0 Å². The van der Waals surface area contributed by atoms with Crippen LogP contribution in [0.15, 0.2) is 140 Å². The van der Waals surface area contributed by atoms with Gasteiger partial charge in [-0.05, 0) is 70.4 Å². The van der Waals surface area contributed by atoms with Crippen molar-refractivity contribution in [3.63, 3.8) is 0 Å². The van der Waals surface area contributed by atoms with Crippen LogP contribution in [0.25, 0.3) is 44.3 Å². The number of fused-ring (bicyclic) bond motifs is 9. The lowest BCUT2D eigenvalue weighted by atomic mass is 9.35. The second-order valence-electron chi connectivity index (χ2n) is 15.3. The van der Waals surface area contributed by atoms with Crippen LogP contribution in [-0.4, -0.2) is 20.8 Å². The Bertz CT molecular complexity index is 3150. The molecular formula is C47H35BN4O3. The smallest absolute Gasteiger partial charge is 0.260 e. The van der Waals surface area contributed by atoms with Crippen molar-refractivity contribution in [3.05, 3.63) is 152 Å². The molecule has 0 atom stereocenters. The van der Waals surface area contributed by atoms with Crippen molar-refractivity contribution in [2.24, 2.45) is 6.98 Å². The summed E-state index contributed by atoms with van der Waals surface area (Å²) in [6.45, 7) is 4.14. The molecule has 0 amide bonds. The Morgan fingerprint density at radius 2 is 1.49 bits per heavy atom. The summed E-state index contributed by atoms with van der Waals surface area (Å²) >= 11 is 0. The first-order valence-corrected chi connectivity index (χ1v) is 18.4. The normalized spacial score (nSPS) is 14.0. The van der Waals surface area contributed by atoms with Crippen molar-refractivity contribution in [1.82, 2.24) is 14.1 Å². The SMILES string of the molecule is [2H]C([2H])([2H])[n+]1[c-]n(-c2cccc(Oc3ccc4c5c6c7c(cc5n(-c5cc(C(C)(C)C)ccn5)c4c3)Oc3ccccc3B7c3ccccc3O6)c2)c2ccccc21. The Hall–Kier alpha value is -6.80. The predicted molar refractivity (Wildman–Crippen MR) is 218 cm³/mol. The molecule has 264 valence electrons. The van der Waals surface area contributed by atoms with Gasteiger partial charge in [-0.2, -0.15) is 0 Å². The summed E-state index contributed by atoms with van der Waals surface area (Å²) in [4.78, 5) is 4.96. The van der Waals surface area contributed by atoms with E-state index in [1.807, 2.05) is 85.1 Å². The van der Waals surface area contributed by atoms with Crippen molar-refractivity contribution in [1.29, 1.82) is 0 Å². The zero-order valence-corrected chi connectivity index (χ0v) is 30.4. The first-order chi connectivity index (χ1) is 28.0. The summed E-state index contributed by atoms with van der Waals surface area (Å²) in [5.74, 6) is 5.13. The van der Waals surface area contributed by atoms with E-state index in [1.54, 1.807) is 10.6 Å². The van der Waals surface area contributed by atoms with E-state index in [9.17, 15) is 0 Å². The van der Waals surface area contributed by atoms with Gasteiger partial charge in [-0.3, -0.25) is 4.57 Å². The molecule has 3 aromatic heterocycles. The predicted octanol–water partition coefficient (Wildman–Crippen LogP) is 8.56. The van der Waals surface area contributed by atoms with Crippen molar-refractivity contribution in [2.45, 2.75) is 26.2 Å². The van der Waals surface area contributed by atoms with Gasteiger partial charge in [0, 0.05) is 29.2 Å². The summed E-state index contributed by atoms with van der Waals surface area (Å²) in [5.41, 5.74) is 8.04. The number of ether oxygens (including phenoxy) is 3. The largest absolute Gasteiger partial charge is 0.458 e. The van der Waals surface area contributed by atoms with Crippen molar-refractivity contribution in [3.8, 4) is 46.0 Å². The molecule has 0 radical (unpaired) electrons. The fraction of sp³-hybridized carbons (Fsp3) is 0.106. The Morgan fingerprint density at radius 3 is 2.31 bits per heavy atom. The maximum Gasteiger partial charge on any atom is 0.260 e. The molecule has 0 saturated carbocycles. The Labute approximate surface area is 322 Å². The zero-order valence-electron chi connectivity index (χ0n) is 33.4. The average molecular weight is 718 g/mol. The van der Waals surface area contributed by atoms with Crippen LogP contribution >= 0.6 is 0 Å². The first-order valence-electron chi connectivity index (χ1n) is 19.9. The highest BCUT2D eigenvalue weighted by Crippen LogP contribution is 2.45. The number of benzene rings is 6. The molecule has 0 fully saturated rings. The van der Waals surface area contributed by atoms with Gasteiger partial charge < -0.3 is 23.3 Å². The average Bonchev–Trinajstić information content (AvgIpc) is 3.77. The number of imidazole rings is 1. The number of aromatic nitrogens is 4. The topological polar surface area (TPSA) is 54.3 Å². The minimum absolute atomic E-state index is 0.0659. The third-order valence-electron chi connectivity index (χ3n) is 10.9. The molecule has 2 aliphatic rings. The van der Waals surface area contributed by atoms with Crippen LogP contribution < -0.4 is 35.2 Å². The minimum atomic E-state index is -2.39. The van der Waals surface area contributed by atoms with E-state index in [4.69, 9.17) is 23.3 Å². The number of hydrogen-bond acceptors (Lipinski definition) is 4. The number of hydrogen-bond donors (Lipinski definition) is 0. The van der Waals surface area contributed by atoms with Crippen LogP contribution in [0.3, 0.4) is 0 Å². The quantitative estimate of drug-likeness (QED) is 0.104. The maximum absolute atomic E-state index is 8.11. The summed E-state index contributed by atoms with van der Waals surface area (Å²) < 4.78 is 49.8. The lowest BCUT2D eigenvalue weighted by Crippen LogP contribution is -2.57. The van der Waals surface area contributed by atoms with Gasteiger partial charge in [0.1, 0.15) is 40.3 Å². The molecule has 0 unspecified atom stereocenters. The van der Waals surface area contributed by atoms with E-state index in [2.05, 4.69) is 80.2 Å². The zero-order chi connectivity index (χ0) is 39.5. The molecule has 6 aromatic carbocycles. The first kappa shape index (κ1) is 28.7. The Kier molecular flexibility index (Phi) is 6.05. The lowest BCUT2D eigenvalue weighted by molar-refractivity contribution is -0.649. The molecule has 0 saturated heterocycles. The highest BCUT2D eigenvalue weighted by atomic mass is 16.5. The molecule has 11 rings (SSSR count). The molecule has 8 heteroatoms. The van der Waals surface area contributed by atoms with Crippen LogP contribution in [0.5, 0.6) is 34.5 Å².